The highest BCUT2D eigenvalue weighted by molar-refractivity contribution is 7.91. The van der Waals surface area contributed by atoms with Crippen LogP contribution in [0.2, 0.25) is 0 Å². The van der Waals surface area contributed by atoms with E-state index in [1.54, 1.807) is 11.4 Å². The number of aliphatic carboxylic acids is 1. The van der Waals surface area contributed by atoms with Crippen molar-refractivity contribution < 1.29 is 41.3 Å². The molecule has 14 heteroatoms. The number of piperazine rings is 1. The molecule has 38 heavy (non-hydrogen) atoms. The number of anilines is 1. The summed E-state index contributed by atoms with van der Waals surface area (Å²) in [6.07, 6.45) is -4.99. The molecular formula is C24H30F3N3O6S2. The van der Waals surface area contributed by atoms with Crippen LogP contribution in [0.25, 0.3) is 0 Å². The smallest absolute Gasteiger partial charge is 0.421 e. The monoisotopic (exact) mass is 577 g/mol. The number of carbonyl (C=O) groups is 1. The average molecular weight is 578 g/mol. The van der Waals surface area contributed by atoms with Crippen LogP contribution in [0.5, 0.6) is 0 Å². The molecule has 210 valence electrons. The second-order valence-corrected chi connectivity index (χ2v) is 12.7. The fourth-order valence-electron chi connectivity index (χ4n) is 4.81. The Bertz CT molecular complexity index is 1210. The van der Waals surface area contributed by atoms with Crippen molar-refractivity contribution in [3.63, 3.8) is 0 Å². The summed E-state index contributed by atoms with van der Waals surface area (Å²) in [5, 5.41) is 21.1. The zero-order valence-corrected chi connectivity index (χ0v) is 22.3. The number of rotatable bonds is 8. The number of carboxylic acid groups (broad SMARTS) is 1. The highest BCUT2D eigenvalue weighted by Crippen LogP contribution is 2.39. The van der Waals surface area contributed by atoms with E-state index in [1.807, 2.05) is 9.80 Å². The number of thiophene rings is 1. The predicted molar refractivity (Wildman–Crippen MR) is 135 cm³/mol. The molecule has 0 amide bonds. The molecule has 2 aliphatic rings. The molecule has 2 N–H and O–H groups in total. The van der Waals surface area contributed by atoms with Crippen LogP contribution in [0.4, 0.5) is 18.9 Å². The summed E-state index contributed by atoms with van der Waals surface area (Å²) in [5.41, 5.74) is -2.75. The van der Waals surface area contributed by atoms with Crippen molar-refractivity contribution in [1.29, 1.82) is 0 Å². The van der Waals surface area contributed by atoms with Gasteiger partial charge >= 0.3 is 12.1 Å². The number of ether oxygens (including phenoxy) is 1. The maximum atomic E-state index is 13.3. The molecule has 0 radical (unpaired) electrons. The highest BCUT2D eigenvalue weighted by atomic mass is 32.2. The first-order valence-electron chi connectivity index (χ1n) is 12.0. The summed E-state index contributed by atoms with van der Waals surface area (Å²) in [4.78, 5) is 15.3. The number of hydrogen-bond acceptors (Lipinski definition) is 8. The number of nitrogens with zero attached hydrogens (tertiary/aromatic N) is 3. The minimum Gasteiger partial charge on any atom is -0.481 e. The van der Waals surface area contributed by atoms with Gasteiger partial charge in [-0.25, -0.2) is 8.42 Å². The average Bonchev–Trinajstić information content (AvgIpc) is 3.40. The Morgan fingerprint density at radius 3 is 2.45 bits per heavy atom. The van der Waals surface area contributed by atoms with Gasteiger partial charge in [0, 0.05) is 44.5 Å². The van der Waals surface area contributed by atoms with Crippen molar-refractivity contribution in [3.8, 4) is 0 Å². The number of sulfonamides is 1. The third-order valence-corrected chi connectivity index (χ3v) is 10.3. The summed E-state index contributed by atoms with van der Waals surface area (Å²) in [6, 6.07) is 7.80. The van der Waals surface area contributed by atoms with E-state index in [-0.39, 0.29) is 42.4 Å². The van der Waals surface area contributed by atoms with Gasteiger partial charge in [-0.3, -0.25) is 9.69 Å². The lowest BCUT2D eigenvalue weighted by atomic mass is 9.95. The second-order valence-electron chi connectivity index (χ2n) is 9.58. The molecule has 2 aliphatic heterocycles. The summed E-state index contributed by atoms with van der Waals surface area (Å²) in [7, 11) is -3.74. The van der Waals surface area contributed by atoms with Crippen LogP contribution in [0.3, 0.4) is 0 Å². The predicted octanol–water partition coefficient (Wildman–Crippen LogP) is 2.57. The van der Waals surface area contributed by atoms with Gasteiger partial charge in [0.2, 0.25) is 0 Å². The van der Waals surface area contributed by atoms with Crippen molar-refractivity contribution in [2.24, 2.45) is 0 Å². The molecule has 9 nitrogen and oxygen atoms in total. The number of halogens is 3. The van der Waals surface area contributed by atoms with Gasteiger partial charge in [-0.1, -0.05) is 18.2 Å². The van der Waals surface area contributed by atoms with Crippen LogP contribution < -0.4 is 4.90 Å². The number of benzene rings is 1. The van der Waals surface area contributed by atoms with Crippen LogP contribution in [0, 0.1) is 0 Å². The van der Waals surface area contributed by atoms with Gasteiger partial charge in [0.1, 0.15) is 4.21 Å². The van der Waals surface area contributed by atoms with Crippen molar-refractivity contribution >= 4 is 33.0 Å². The number of morpholine rings is 1. The first-order valence-corrected chi connectivity index (χ1v) is 14.4. The molecular weight excluding hydrogens is 547 g/mol. The fourth-order valence-corrected chi connectivity index (χ4v) is 7.42. The molecule has 0 aliphatic carbocycles. The Labute approximate surface area is 223 Å². The molecule has 3 heterocycles. The van der Waals surface area contributed by atoms with E-state index < -0.39 is 39.9 Å². The number of hydrogen-bond donors (Lipinski definition) is 2. The standard InChI is InChI=1S/C24H30F3N3O6S2/c1-23(33,24(25,26)27)17-4-6-18(7-5-17)30-9-8-29(38(34,35)22-3-2-12-37-22)15-20(30)14-28-10-11-36-16-19(28)13-21(31)32/h2-7,12,19-20,33H,8-11,13-16H2,1H3,(H,31,32)/t19-,20-,23+/m0/s1. The van der Waals surface area contributed by atoms with Crippen LogP contribution in [0.15, 0.2) is 46.0 Å². The quantitative estimate of drug-likeness (QED) is 0.493. The van der Waals surface area contributed by atoms with Crippen molar-refractivity contribution in [3.05, 3.63) is 47.3 Å². The van der Waals surface area contributed by atoms with Gasteiger partial charge < -0.3 is 19.8 Å². The molecule has 0 saturated carbocycles. The van der Waals surface area contributed by atoms with Crippen LogP contribution in [-0.4, -0.2) is 98.0 Å². The minimum atomic E-state index is -4.85. The molecule has 2 aromatic rings. The number of aliphatic hydroxyl groups is 1. The number of carboxylic acids is 1. The van der Waals surface area contributed by atoms with E-state index in [1.165, 1.54) is 34.6 Å². The Balaban J connectivity index is 1.62. The Hall–Kier alpha value is -2.23. The van der Waals surface area contributed by atoms with E-state index in [0.717, 1.165) is 11.3 Å². The molecule has 2 saturated heterocycles. The fraction of sp³-hybridized carbons (Fsp3) is 0.542. The van der Waals surface area contributed by atoms with Crippen molar-refractivity contribution in [2.75, 3.05) is 50.8 Å². The van der Waals surface area contributed by atoms with Gasteiger partial charge in [0.25, 0.3) is 10.0 Å². The summed E-state index contributed by atoms with van der Waals surface area (Å²) >= 11 is 1.12. The zero-order valence-electron chi connectivity index (χ0n) is 20.7. The van der Waals surface area contributed by atoms with Crippen LogP contribution >= 0.6 is 11.3 Å². The Morgan fingerprint density at radius 1 is 1.13 bits per heavy atom. The normalized spacial score (nSPS) is 23.8. The third-order valence-electron chi connectivity index (χ3n) is 7.05. The lowest BCUT2D eigenvalue weighted by Crippen LogP contribution is -2.60. The molecule has 2 fully saturated rings. The van der Waals surface area contributed by atoms with Crippen molar-refractivity contribution in [1.82, 2.24) is 9.21 Å². The molecule has 1 aromatic carbocycles. The lowest BCUT2D eigenvalue weighted by molar-refractivity contribution is -0.258. The SMILES string of the molecule is C[C@@](O)(c1ccc(N2CCN(S(=O)(=O)c3cccs3)C[C@@H]2CN2CCOC[C@@H]2CC(=O)O)cc1)C(F)(F)F. The van der Waals surface area contributed by atoms with Gasteiger partial charge in [-0.2, -0.15) is 17.5 Å². The second kappa shape index (κ2) is 11.1. The zero-order chi connectivity index (χ0) is 27.7. The van der Waals surface area contributed by atoms with E-state index in [9.17, 15) is 36.6 Å². The lowest BCUT2D eigenvalue weighted by Gasteiger charge is -2.46. The molecule has 4 rings (SSSR count). The molecule has 0 spiro atoms. The van der Waals surface area contributed by atoms with Gasteiger partial charge in [-0.05, 0) is 36.1 Å². The Morgan fingerprint density at radius 2 is 1.84 bits per heavy atom. The summed E-state index contributed by atoms with van der Waals surface area (Å²) < 4.78 is 73.6. The number of alkyl halides is 3. The molecule has 0 bridgehead atoms. The first kappa shape index (κ1) is 28.8. The van der Waals surface area contributed by atoms with Gasteiger partial charge in [-0.15, -0.1) is 11.3 Å². The van der Waals surface area contributed by atoms with Crippen molar-refractivity contribution in [2.45, 2.75) is 41.4 Å². The first-order chi connectivity index (χ1) is 17.8. The maximum absolute atomic E-state index is 13.3. The third kappa shape index (κ3) is 6.00. The van der Waals surface area contributed by atoms with E-state index in [0.29, 0.717) is 32.3 Å². The van der Waals surface area contributed by atoms with E-state index in [2.05, 4.69) is 0 Å². The topological polar surface area (TPSA) is 111 Å². The summed E-state index contributed by atoms with van der Waals surface area (Å²) in [5.74, 6) is -0.972. The summed E-state index contributed by atoms with van der Waals surface area (Å²) in [6.45, 7) is 2.68. The van der Waals surface area contributed by atoms with Crippen LogP contribution in [0.1, 0.15) is 18.9 Å². The van der Waals surface area contributed by atoms with Crippen LogP contribution in [-0.2, 0) is 25.2 Å². The highest BCUT2D eigenvalue weighted by Gasteiger charge is 2.51. The maximum Gasteiger partial charge on any atom is 0.421 e. The molecule has 1 aromatic heterocycles. The Kier molecular flexibility index (Phi) is 8.40. The molecule has 3 atom stereocenters. The largest absolute Gasteiger partial charge is 0.481 e. The minimum absolute atomic E-state index is 0.111. The van der Waals surface area contributed by atoms with E-state index in [4.69, 9.17) is 4.74 Å². The van der Waals surface area contributed by atoms with Gasteiger partial charge in [0.05, 0.1) is 25.7 Å². The van der Waals surface area contributed by atoms with Gasteiger partial charge in [0.15, 0.2) is 5.60 Å². The van der Waals surface area contributed by atoms with E-state index >= 15 is 0 Å². The molecule has 0 unspecified atom stereocenters.